The van der Waals surface area contributed by atoms with Crippen molar-refractivity contribution in [3.8, 4) is 0 Å². The van der Waals surface area contributed by atoms with Gasteiger partial charge in [0.25, 0.3) is 0 Å². The monoisotopic (exact) mass is 201 g/mol. The molecular weight excluding hydrogens is 178 g/mol. The van der Waals surface area contributed by atoms with Crippen molar-refractivity contribution >= 4 is 5.97 Å². The van der Waals surface area contributed by atoms with Gasteiger partial charge in [-0.25, -0.2) is 0 Å². The summed E-state index contributed by atoms with van der Waals surface area (Å²) in [4.78, 5) is 10.8. The highest BCUT2D eigenvalue weighted by atomic mass is 16.4. The molecule has 0 heterocycles. The van der Waals surface area contributed by atoms with E-state index in [-0.39, 0.29) is 0 Å². The quantitative estimate of drug-likeness (QED) is 0.592. The molecule has 3 heteroatoms. The van der Waals surface area contributed by atoms with Gasteiger partial charge in [0.1, 0.15) is 0 Å². The summed E-state index contributed by atoms with van der Waals surface area (Å²) in [6.45, 7) is 7.51. The largest absolute Gasteiger partial charge is 0.481 e. The lowest BCUT2D eigenvalue weighted by molar-refractivity contribution is -0.147. The van der Waals surface area contributed by atoms with E-state index in [0.717, 1.165) is 13.1 Å². The Balaban J connectivity index is 3.40. The van der Waals surface area contributed by atoms with Gasteiger partial charge < -0.3 is 10.4 Å². The molecule has 0 aromatic rings. The number of hydrogen-bond donors (Lipinski definition) is 2. The Morgan fingerprint density at radius 2 is 1.93 bits per heavy atom. The fraction of sp³-hybridized carbons (Fsp3) is 0.909. The Morgan fingerprint density at radius 3 is 2.43 bits per heavy atom. The number of rotatable bonds is 8. The van der Waals surface area contributed by atoms with Crippen molar-refractivity contribution in [2.45, 2.75) is 46.5 Å². The van der Waals surface area contributed by atoms with Crippen LogP contribution in [0.15, 0.2) is 0 Å². The van der Waals surface area contributed by atoms with Gasteiger partial charge in [-0.3, -0.25) is 4.79 Å². The maximum Gasteiger partial charge on any atom is 0.309 e. The molecule has 0 saturated heterocycles. The molecule has 0 aromatic carbocycles. The first-order valence-corrected chi connectivity index (χ1v) is 5.45. The molecule has 0 amide bonds. The van der Waals surface area contributed by atoms with Gasteiger partial charge in [-0.2, -0.15) is 0 Å². The molecule has 2 N–H and O–H groups in total. The third-order valence-corrected chi connectivity index (χ3v) is 2.46. The van der Waals surface area contributed by atoms with E-state index in [1.165, 1.54) is 19.3 Å². The molecule has 3 nitrogen and oxygen atoms in total. The first-order valence-electron chi connectivity index (χ1n) is 5.45. The van der Waals surface area contributed by atoms with Crippen LogP contribution in [0.2, 0.25) is 0 Å². The van der Waals surface area contributed by atoms with Crippen molar-refractivity contribution in [2.75, 3.05) is 13.1 Å². The van der Waals surface area contributed by atoms with Crippen molar-refractivity contribution < 1.29 is 9.90 Å². The number of carbonyl (C=O) groups is 1. The fourth-order valence-corrected chi connectivity index (χ4v) is 1.13. The highest BCUT2D eigenvalue weighted by Gasteiger charge is 2.25. The summed E-state index contributed by atoms with van der Waals surface area (Å²) in [5.74, 6) is -0.715. The Labute approximate surface area is 86.9 Å². The summed E-state index contributed by atoms with van der Waals surface area (Å²) >= 11 is 0. The summed E-state index contributed by atoms with van der Waals surface area (Å²) in [5, 5.41) is 12.1. The van der Waals surface area contributed by atoms with Gasteiger partial charge in [0.15, 0.2) is 0 Å². The second-order valence-electron chi connectivity index (χ2n) is 4.40. The molecule has 0 aliphatic rings. The molecule has 0 aliphatic carbocycles. The van der Waals surface area contributed by atoms with Crippen LogP contribution in [-0.2, 0) is 4.79 Å². The van der Waals surface area contributed by atoms with Crippen LogP contribution in [0.4, 0.5) is 0 Å². The lowest BCUT2D eigenvalue weighted by atomic mass is 9.90. The molecule has 0 unspecified atom stereocenters. The third kappa shape index (κ3) is 5.97. The van der Waals surface area contributed by atoms with E-state index in [1.807, 2.05) is 0 Å². The van der Waals surface area contributed by atoms with E-state index in [9.17, 15) is 4.79 Å². The van der Waals surface area contributed by atoms with Gasteiger partial charge in [-0.1, -0.05) is 19.8 Å². The Hall–Kier alpha value is -0.570. The molecule has 0 radical (unpaired) electrons. The first kappa shape index (κ1) is 13.4. The van der Waals surface area contributed by atoms with Crippen molar-refractivity contribution in [1.82, 2.24) is 5.32 Å². The topological polar surface area (TPSA) is 49.3 Å². The Bertz CT molecular complexity index is 167. The van der Waals surface area contributed by atoms with Crippen LogP contribution in [0, 0.1) is 5.41 Å². The van der Waals surface area contributed by atoms with Gasteiger partial charge in [0.05, 0.1) is 5.41 Å². The highest BCUT2D eigenvalue weighted by Crippen LogP contribution is 2.19. The minimum atomic E-state index is -0.715. The third-order valence-electron chi connectivity index (χ3n) is 2.46. The van der Waals surface area contributed by atoms with E-state index >= 15 is 0 Å². The van der Waals surface area contributed by atoms with E-state index in [1.54, 1.807) is 13.8 Å². The number of unbranched alkanes of at least 4 members (excludes halogenated alkanes) is 2. The second kappa shape index (κ2) is 6.82. The van der Waals surface area contributed by atoms with Gasteiger partial charge >= 0.3 is 5.97 Å². The summed E-state index contributed by atoms with van der Waals surface area (Å²) in [6.07, 6.45) is 4.34. The van der Waals surface area contributed by atoms with Gasteiger partial charge in [0, 0.05) is 0 Å². The highest BCUT2D eigenvalue weighted by molar-refractivity contribution is 5.73. The predicted molar refractivity (Wildman–Crippen MR) is 58.4 cm³/mol. The average molecular weight is 201 g/mol. The van der Waals surface area contributed by atoms with Crippen molar-refractivity contribution in [3.63, 3.8) is 0 Å². The van der Waals surface area contributed by atoms with Crippen LogP contribution in [-0.4, -0.2) is 24.2 Å². The maximum absolute atomic E-state index is 10.8. The molecule has 0 spiro atoms. The Morgan fingerprint density at radius 1 is 1.29 bits per heavy atom. The van der Waals surface area contributed by atoms with Gasteiger partial charge in [-0.05, 0) is 39.8 Å². The lowest BCUT2D eigenvalue weighted by Gasteiger charge is -2.18. The molecule has 0 fully saturated rings. The van der Waals surface area contributed by atoms with E-state index in [0.29, 0.717) is 6.42 Å². The summed E-state index contributed by atoms with van der Waals surface area (Å²) in [6, 6.07) is 0. The summed E-state index contributed by atoms with van der Waals surface area (Å²) in [7, 11) is 0. The van der Waals surface area contributed by atoms with Crippen molar-refractivity contribution in [3.05, 3.63) is 0 Å². The predicted octanol–water partition coefficient (Wildman–Crippen LogP) is 2.27. The Kier molecular flexibility index (Phi) is 6.54. The van der Waals surface area contributed by atoms with E-state index in [4.69, 9.17) is 5.11 Å². The fourth-order valence-electron chi connectivity index (χ4n) is 1.13. The smallest absolute Gasteiger partial charge is 0.309 e. The van der Waals surface area contributed by atoms with Crippen LogP contribution in [0.25, 0.3) is 0 Å². The van der Waals surface area contributed by atoms with Crippen LogP contribution in [0.1, 0.15) is 46.5 Å². The zero-order chi connectivity index (χ0) is 11.0. The number of carboxylic acid groups (broad SMARTS) is 1. The lowest BCUT2D eigenvalue weighted by Crippen LogP contribution is -2.29. The van der Waals surface area contributed by atoms with Crippen LogP contribution >= 0.6 is 0 Å². The molecule has 0 rings (SSSR count). The number of hydrogen-bond acceptors (Lipinski definition) is 2. The van der Waals surface area contributed by atoms with Crippen molar-refractivity contribution in [2.24, 2.45) is 5.41 Å². The minimum absolute atomic E-state index is 0.599. The zero-order valence-corrected chi connectivity index (χ0v) is 9.60. The SMILES string of the molecule is CCCCCNCCC(C)(C)C(=O)O. The second-order valence-corrected chi connectivity index (χ2v) is 4.40. The molecule has 0 atom stereocenters. The number of carboxylic acids is 1. The van der Waals surface area contributed by atoms with E-state index in [2.05, 4.69) is 12.2 Å². The summed E-state index contributed by atoms with van der Waals surface area (Å²) < 4.78 is 0. The zero-order valence-electron chi connectivity index (χ0n) is 9.60. The van der Waals surface area contributed by atoms with Crippen LogP contribution in [0.5, 0.6) is 0 Å². The summed E-state index contributed by atoms with van der Waals surface area (Å²) in [5.41, 5.74) is -0.599. The van der Waals surface area contributed by atoms with Crippen molar-refractivity contribution in [1.29, 1.82) is 0 Å². The molecule has 0 saturated carbocycles. The van der Waals surface area contributed by atoms with Gasteiger partial charge in [-0.15, -0.1) is 0 Å². The molecule has 0 aliphatic heterocycles. The maximum atomic E-state index is 10.8. The first-order chi connectivity index (χ1) is 6.50. The molecule has 0 bridgehead atoms. The van der Waals surface area contributed by atoms with Crippen LogP contribution < -0.4 is 5.32 Å². The van der Waals surface area contributed by atoms with Gasteiger partial charge in [0.2, 0.25) is 0 Å². The molecule has 84 valence electrons. The normalized spacial score (nSPS) is 11.6. The molecule has 0 aromatic heterocycles. The standard InChI is InChI=1S/C11H23NO2/c1-4-5-6-8-12-9-7-11(2,3)10(13)14/h12H,4-9H2,1-3H3,(H,13,14). The molecule has 14 heavy (non-hydrogen) atoms. The van der Waals surface area contributed by atoms with Crippen LogP contribution in [0.3, 0.4) is 0 Å². The average Bonchev–Trinajstić information content (AvgIpc) is 2.10. The number of aliphatic carboxylic acids is 1. The molecular formula is C11H23NO2. The minimum Gasteiger partial charge on any atom is -0.481 e. The number of nitrogens with one attached hydrogen (secondary N) is 1. The van der Waals surface area contributed by atoms with E-state index < -0.39 is 11.4 Å².